The van der Waals surface area contributed by atoms with Crippen LogP contribution in [0.3, 0.4) is 0 Å². The number of rotatable bonds is 3. The summed E-state index contributed by atoms with van der Waals surface area (Å²) in [4.78, 5) is 12.0. The number of carbonyl (C=O) groups excluding carboxylic acids is 1. The van der Waals surface area contributed by atoms with E-state index in [1.807, 2.05) is 33.2 Å². The number of hydrogen-bond donors (Lipinski definition) is 2. The lowest BCUT2D eigenvalue weighted by Gasteiger charge is -2.07. The number of carbonyl (C=O) groups is 1. The lowest BCUT2D eigenvalue weighted by molar-refractivity contribution is 0.102. The van der Waals surface area contributed by atoms with Crippen LogP contribution in [0.5, 0.6) is 0 Å². The van der Waals surface area contributed by atoms with Crippen molar-refractivity contribution in [3.8, 4) is 0 Å². The fourth-order valence-corrected chi connectivity index (χ4v) is 1.76. The van der Waals surface area contributed by atoms with Crippen LogP contribution in [0, 0.1) is 6.92 Å². The van der Waals surface area contributed by atoms with E-state index in [4.69, 9.17) is 0 Å². The van der Waals surface area contributed by atoms with E-state index >= 15 is 0 Å². The lowest BCUT2D eigenvalue weighted by atomic mass is 10.1. The highest BCUT2D eigenvalue weighted by molar-refractivity contribution is 6.04. The van der Waals surface area contributed by atoms with E-state index in [2.05, 4.69) is 15.7 Å². The first-order valence-electron chi connectivity index (χ1n) is 5.69. The van der Waals surface area contributed by atoms with Crippen molar-refractivity contribution in [1.82, 2.24) is 9.78 Å². The van der Waals surface area contributed by atoms with Crippen LogP contribution in [0.4, 0.5) is 11.5 Å². The summed E-state index contributed by atoms with van der Waals surface area (Å²) in [5.74, 6) is 0.400. The zero-order valence-corrected chi connectivity index (χ0v) is 10.7. The van der Waals surface area contributed by atoms with Gasteiger partial charge in [-0.1, -0.05) is 0 Å². The van der Waals surface area contributed by atoms with E-state index in [1.165, 1.54) is 0 Å². The van der Waals surface area contributed by atoms with E-state index in [1.54, 1.807) is 23.0 Å². The molecule has 0 bridgehead atoms. The minimum atomic E-state index is -0.153. The van der Waals surface area contributed by atoms with Crippen LogP contribution in [0.2, 0.25) is 0 Å². The molecular weight excluding hydrogens is 228 g/mol. The van der Waals surface area contributed by atoms with Crippen LogP contribution in [0.15, 0.2) is 30.5 Å². The molecule has 0 aliphatic rings. The summed E-state index contributed by atoms with van der Waals surface area (Å²) < 4.78 is 1.64. The summed E-state index contributed by atoms with van der Waals surface area (Å²) in [6, 6.07) is 7.29. The van der Waals surface area contributed by atoms with Gasteiger partial charge in [-0.3, -0.25) is 9.48 Å². The van der Waals surface area contributed by atoms with Crippen molar-refractivity contribution in [3.05, 3.63) is 41.6 Å². The standard InChI is InChI=1S/C13H16N4O/c1-9-8-10(4-5-11(9)14-2)13(18)15-12-6-7-17(3)16-12/h4-8,14H,1-3H3,(H,15,16,18). The van der Waals surface area contributed by atoms with Crippen LogP contribution in [0.25, 0.3) is 0 Å². The molecule has 0 aliphatic carbocycles. The van der Waals surface area contributed by atoms with Crippen molar-refractivity contribution in [2.75, 3.05) is 17.7 Å². The van der Waals surface area contributed by atoms with Gasteiger partial charge in [0.25, 0.3) is 5.91 Å². The zero-order valence-electron chi connectivity index (χ0n) is 10.7. The molecule has 5 nitrogen and oxygen atoms in total. The molecule has 1 amide bonds. The third kappa shape index (κ3) is 2.51. The minimum absolute atomic E-state index is 0.153. The molecule has 5 heteroatoms. The fraction of sp³-hybridized carbons (Fsp3) is 0.231. The molecule has 0 fully saturated rings. The van der Waals surface area contributed by atoms with Crippen molar-refractivity contribution < 1.29 is 4.79 Å². The van der Waals surface area contributed by atoms with Crippen molar-refractivity contribution in [2.45, 2.75) is 6.92 Å². The lowest BCUT2D eigenvalue weighted by Crippen LogP contribution is -2.13. The van der Waals surface area contributed by atoms with E-state index in [-0.39, 0.29) is 5.91 Å². The first-order valence-corrected chi connectivity index (χ1v) is 5.69. The average molecular weight is 244 g/mol. The molecule has 0 unspecified atom stereocenters. The summed E-state index contributed by atoms with van der Waals surface area (Å²) in [6.07, 6.45) is 1.78. The molecule has 1 aromatic carbocycles. The predicted molar refractivity (Wildman–Crippen MR) is 71.9 cm³/mol. The van der Waals surface area contributed by atoms with Gasteiger partial charge in [0.05, 0.1) is 0 Å². The van der Waals surface area contributed by atoms with Gasteiger partial charge in [-0.15, -0.1) is 0 Å². The van der Waals surface area contributed by atoms with Crippen molar-refractivity contribution in [3.63, 3.8) is 0 Å². The monoisotopic (exact) mass is 244 g/mol. The maximum atomic E-state index is 12.0. The van der Waals surface area contributed by atoms with Crippen LogP contribution < -0.4 is 10.6 Å². The van der Waals surface area contributed by atoms with Crippen molar-refractivity contribution in [1.29, 1.82) is 0 Å². The van der Waals surface area contributed by atoms with Crippen LogP contribution >= 0.6 is 0 Å². The molecule has 0 spiro atoms. The molecule has 0 aliphatic heterocycles. The van der Waals surface area contributed by atoms with E-state index in [0.29, 0.717) is 11.4 Å². The first-order chi connectivity index (χ1) is 8.60. The quantitative estimate of drug-likeness (QED) is 0.868. The summed E-state index contributed by atoms with van der Waals surface area (Å²) in [5, 5.41) is 9.92. The number of amides is 1. The van der Waals surface area contributed by atoms with E-state index in [0.717, 1.165) is 11.3 Å². The second kappa shape index (κ2) is 4.91. The number of aryl methyl sites for hydroxylation is 2. The van der Waals surface area contributed by atoms with Gasteiger partial charge in [-0.25, -0.2) is 0 Å². The fourth-order valence-electron chi connectivity index (χ4n) is 1.76. The zero-order chi connectivity index (χ0) is 13.1. The predicted octanol–water partition coefficient (Wildman–Crippen LogP) is 2.02. The number of anilines is 2. The van der Waals surface area contributed by atoms with Crippen LogP contribution in [0.1, 0.15) is 15.9 Å². The van der Waals surface area contributed by atoms with Gasteiger partial charge < -0.3 is 10.6 Å². The molecule has 2 rings (SSSR count). The minimum Gasteiger partial charge on any atom is -0.388 e. The molecule has 0 saturated carbocycles. The van der Waals surface area contributed by atoms with E-state index < -0.39 is 0 Å². The summed E-state index contributed by atoms with van der Waals surface area (Å²) in [6.45, 7) is 1.96. The second-order valence-corrected chi connectivity index (χ2v) is 4.11. The number of aromatic nitrogens is 2. The normalized spacial score (nSPS) is 10.2. The van der Waals surface area contributed by atoms with Gasteiger partial charge in [0.15, 0.2) is 5.82 Å². The Hall–Kier alpha value is -2.30. The Labute approximate surface area is 106 Å². The Kier molecular flexibility index (Phi) is 3.32. The topological polar surface area (TPSA) is 59.0 Å². The summed E-state index contributed by atoms with van der Waals surface area (Å²) in [5.41, 5.74) is 2.67. The molecule has 0 radical (unpaired) electrons. The number of hydrogen-bond acceptors (Lipinski definition) is 3. The number of benzene rings is 1. The Balaban J connectivity index is 2.16. The van der Waals surface area contributed by atoms with E-state index in [9.17, 15) is 4.79 Å². The Morgan fingerprint density at radius 2 is 2.11 bits per heavy atom. The molecule has 0 saturated heterocycles. The summed E-state index contributed by atoms with van der Waals surface area (Å²) in [7, 11) is 3.66. The molecule has 18 heavy (non-hydrogen) atoms. The van der Waals surface area contributed by atoms with Crippen LogP contribution in [-0.2, 0) is 7.05 Å². The molecule has 0 atom stereocenters. The van der Waals surface area contributed by atoms with Crippen LogP contribution in [-0.4, -0.2) is 22.7 Å². The highest BCUT2D eigenvalue weighted by atomic mass is 16.1. The van der Waals surface area contributed by atoms with Crippen molar-refractivity contribution >= 4 is 17.4 Å². The smallest absolute Gasteiger partial charge is 0.256 e. The van der Waals surface area contributed by atoms with Gasteiger partial charge in [0.1, 0.15) is 0 Å². The number of nitrogens with one attached hydrogen (secondary N) is 2. The molecule has 1 aromatic heterocycles. The highest BCUT2D eigenvalue weighted by Crippen LogP contribution is 2.16. The average Bonchev–Trinajstić information content (AvgIpc) is 2.74. The molecular formula is C13H16N4O. The van der Waals surface area contributed by atoms with Gasteiger partial charge in [-0.05, 0) is 30.7 Å². The van der Waals surface area contributed by atoms with Gasteiger partial charge in [0.2, 0.25) is 0 Å². The van der Waals surface area contributed by atoms with Gasteiger partial charge in [-0.2, -0.15) is 5.10 Å². The molecule has 1 heterocycles. The number of nitrogens with zero attached hydrogens (tertiary/aromatic N) is 2. The van der Waals surface area contributed by atoms with Gasteiger partial charge in [0, 0.05) is 37.6 Å². The second-order valence-electron chi connectivity index (χ2n) is 4.11. The van der Waals surface area contributed by atoms with Crippen molar-refractivity contribution in [2.24, 2.45) is 7.05 Å². The molecule has 2 aromatic rings. The SMILES string of the molecule is CNc1ccc(C(=O)Nc2ccn(C)n2)cc1C. The summed E-state index contributed by atoms with van der Waals surface area (Å²) >= 11 is 0. The molecule has 94 valence electrons. The third-order valence-corrected chi connectivity index (χ3v) is 2.71. The Morgan fingerprint density at radius 1 is 1.33 bits per heavy atom. The Morgan fingerprint density at radius 3 is 2.67 bits per heavy atom. The third-order valence-electron chi connectivity index (χ3n) is 2.71. The first kappa shape index (κ1) is 12.2. The Bertz CT molecular complexity index is 574. The molecule has 2 N–H and O–H groups in total. The highest BCUT2D eigenvalue weighted by Gasteiger charge is 2.08. The maximum Gasteiger partial charge on any atom is 0.256 e. The van der Waals surface area contributed by atoms with Gasteiger partial charge >= 0.3 is 0 Å². The maximum absolute atomic E-state index is 12.0. The largest absolute Gasteiger partial charge is 0.388 e.